The zero-order chi connectivity index (χ0) is 22.4. The van der Waals surface area contributed by atoms with Crippen molar-refractivity contribution in [2.75, 3.05) is 0 Å². The monoisotopic (exact) mass is 424 g/mol. The summed E-state index contributed by atoms with van der Waals surface area (Å²) in [5.74, 6) is -1.93. The summed E-state index contributed by atoms with van der Waals surface area (Å²) in [6.45, 7) is 4.06. The van der Waals surface area contributed by atoms with Crippen molar-refractivity contribution in [1.82, 2.24) is 9.88 Å². The van der Waals surface area contributed by atoms with E-state index in [-0.39, 0.29) is 17.0 Å². The molecule has 1 aromatic carbocycles. The maximum absolute atomic E-state index is 13.4. The lowest BCUT2D eigenvalue weighted by atomic mass is 9.94. The molecule has 2 atom stereocenters. The molecule has 166 valence electrons. The number of amides is 1. The highest BCUT2D eigenvalue weighted by molar-refractivity contribution is 5.96. The molecule has 1 aliphatic carbocycles. The van der Waals surface area contributed by atoms with E-state index < -0.39 is 17.9 Å². The summed E-state index contributed by atoms with van der Waals surface area (Å²) in [6, 6.07) is 10.4. The molecule has 1 unspecified atom stereocenters. The molecule has 0 saturated carbocycles. The van der Waals surface area contributed by atoms with Gasteiger partial charge < -0.3 is 15.0 Å². The van der Waals surface area contributed by atoms with Crippen molar-refractivity contribution in [2.24, 2.45) is 5.92 Å². The minimum Gasteiger partial charge on any atom is -0.480 e. The number of benzene rings is 1. The summed E-state index contributed by atoms with van der Waals surface area (Å²) in [4.78, 5) is 38.2. The first-order chi connectivity index (χ1) is 14.9. The van der Waals surface area contributed by atoms with Crippen LogP contribution in [0.2, 0.25) is 0 Å². The van der Waals surface area contributed by atoms with E-state index in [1.807, 2.05) is 37.3 Å². The van der Waals surface area contributed by atoms with Crippen molar-refractivity contribution < 1.29 is 14.7 Å². The number of hydrogen-bond donors (Lipinski definition) is 2. The van der Waals surface area contributed by atoms with Gasteiger partial charge in [-0.1, -0.05) is 63.4 Å². The second-order valence-electron chi connectivity index (χ2n) is 8.50. The Morgan fingerprint density at radius 2 is 1.77 bits per heavy atom. The molecular formula is C25H32N2O4. The Hall–Kier alpha value is -2.89. The summed E-state index contributed by atoms with van der Waals surface area (Å²) in [7, 11) is 0. The molecule has 6 nitrogen and oxygen atoms in total. The third-order valence-electron chi connectivity index (χ3n) is 6.29. The fourth-order valence-electron chi connectivity index (χ4n) is 4.23. The zero-order valence-corrected chi connectivity index (χ0v) is 18.4. The lowest BCUT2D eigenvalue weighted by Crippen LogP contribution is -2.47. The number of carbonyl (C=O) groups excluding carboxylic acids is 1. The fraction of sp³-hybridized carbons (Fsp3) is 0.480. The van der Waals surface area contributed by atoms with Gasteiger partial charge in [-0.25, -0.2) is 4.79 Å². The number of pyridine rings is 1. The first-order valence-electron chi connectivity index (χ1n) is 11.3. The van der Waals surface area contributed by atoms with Crippen molar-refractivity contribution in [3.05, 3.63) is 69.1 Å². The third kappa shape index (κ3) is 5.43. The highest BCUT2D eigenvalue weighted by atomic mass is 16.4. The number of carboxylic acids is 1. The zero-order valence-electron chi connectivity index (χ0n) is 18.4. The van der Waals surface area contributed by atoms with Gasteiger partial charge in [0.2, 0.25) is 0 Å². The summed E-state index contributed by atoms with van der Waals surface area (Å²) >= 11 is 0. The number of aliphatic carboxylic acids is 1. The van der Waals surface area contributed by atoms with Crippen LogP contribution in [0.1, 0.15) is 73.1 Å². The average Bonchev–Trinajstić information content (AvgIpc) is 2.74. The Morgan fingerprint density at radius 1 is 1.10 bits per heavy atom. The largest absolute Gasteiger partial charge is 0.480 e. The number of carboxylic acid groups (broad SMARTS) is 1. The number of aryl methyl sites for hydroxylation is 1. The summed E-state index contributed by atoms with van der Waals surface area (Å²) in [5, 5.41) is 12.2. The first-order valence-corrected chi connectivity index (χ1v) is 11.3. The standard InChI is InChI=1S/C25H32N2O4/c1-3-17(2)22(25(30)31)26-23(28)20-15-19-13-9-4-5-10-14-21(19)27(24(20)29)16-18-11-7-6-8-12-18/h6-8,11-12,15,17,22H,3-5,9-10,13-14,16H2,1-2H3,(H,26,28)(H,30,31)/t17?,22-/m0/s1. The van der Waals surface area contributed by atoms with E-state index in [0.717, 1.165) is 55.3 Å². The predicted molar refractivity (Wildman–Crippen MR) is 120 cm³/mol. The molecule has 1 aliphatic rings. The second-order valence-corrected chi connectivity index (χ2v) is 8.50. The van der Waals surface area contributed by atoms with Gasteiger partial charge in [-0.05, 0) is 48.8 Å². The quantitative estimate of drug-likeness (QED) is 0.708. The molecule has 0 bridgehead atoms. The van der Waals surface area contributed by atoms with Gasteiger partial charge in [-0.15, -0.1) is 0 Å². The van der Waals surface area contributed by atoms with Crippen molar-refractivity contribution in [3.63, 3.8) is 0 Å². The van der Waals surface area contributed by atoms with Gasteiger partial charge in [-0.3, -0.25) is 9.59 Å². The van der Waals surface area contributed by atoms with Crippen LogP contribution in [0.5, 0.6) is 0 Å². The van der Waals surface area contributed by atoms with Crippen molar-refractivity contribution in [3.8, 4) is 0 Å². The first kappa shape index (κ1) is 22.8. The molecular weight excluding hydrogens is 392 g/mol. The van der Waals surface area contributed by atoms with E-state index in [1.54, 1.807) is 17.6 Å². The maximum atomic E-state index is 13.4. The predicted octanol–water partition coefficient (Wildman–Crippen LogP) is 3.78. The molecule has 1 aromatic heterocycles. The van der Waals surface area contributed by atoms with Crippen LogP contribution in [0.3, 0.4) is 0 Å². The van der Waals surface area contributed by atoms with Crippen LogP contribution in [-0.2, 0) is 24.2 Å². The van der Waals surface area contributed by atoms with Gasteiger partial charge in [0, 0.05) is 5.69 Å². The van der Waals surface area contributed by atoms with Gasteiger partial charge in [0.25, 0.3) is 11.5 Å². The molecule has 3 rings (SSSR count). The Kier molecular flexibility index (Phi) is 7.66. The second kappa shape index (κ2) is 10.4. The van der Waals surface area contributed by atoms with E-state index in [2.05, 4.69) is 5.32 Å². The van der Waals surface area contributed by atoms with Crippen molar-refractivity contribution >= 4 is 11.9 Å². The Labute approximate surface area is 183 Å². The molecule has 0 saturated heterocycles. The summed E-state index contributed by atoms with van der Waals surface area (Å²) < 4.78 is 1.73. The number of fused-ring (bicyclic) bond motifs is 1. The summed E-state index contributed by atoms with van der Waals surface area (Å²) in [5.41, 5.74) is 2.70. The number of hydrogen-bond acceptors (Lipinski definition) is 3. The van der Waals surface area contributed by atoms with E-state index in [9.17, 15) is 19.5 Å². The molecule has 0 fully saturated rings. The van der Waals surface area contributed by atoms with E-state index in [4.69, 9.17) is 0 Å². The van der Waals surface area contributed by atoms with E-state index >= 15 is 0 Å². The fourth-order valence-corrected chi connectivity index (χ4v) is 4.23. The molecule has 1 heterocycles. The van der Waals surface area contributed by atoms with Crippen LogP contribution in [-0.4, -0.2) is 27.6 Å². The van der Waals surface area contributed by atoms with Crippen LogP contribution >= 0.6 is 0 Å². The molecule has 0 aliphatic heterocycles. The number of nitrogens with one attached hydrogen (secondary N) is 1. The Morgan fingerprint density at radius 3 is 2.42 bits per heavy atom. The normalized spacial score (nSPS) is 15.8. The third-order valence-corrected chi connectivity index (χ3v) is 6.29. The molecule has 2 aromatic rings. The minimum absolute atomic E-state index is 0.0322. The van der Waals surface area contributed by atoms with Crippen LogP contribution in [0, 0.1) is 5.92 Å². The Balaban J connectivity index is 2.04. The topological polar surface area (TPSA) is 88.4 Å². The average molecular weight is 425 g/mol. The van der Waals surface area contributed by atoms with E-state index in [0.29, 0.717) is 13.0 Å². The van der Waals surface area contributed by atoms with Crippen molar-refractivity contribution in [2.45, 2.75) is 71.4 Å². The van der Waals surface area contributed by atoms with Gasteiger partial charge >= 0.3 is 5.97 Å². The molecule has 6 heteroatoms. The van der Waals surface area contributed by atoms with E-state index in [1.165, 1.54) is 0 Å². The molecule has 0 spiro atoms. The SMILES string of the molecule is CCC(C)[C@H](NC(=O)c1cc2c(n(Cc3ccccc3)c1=O)CCCCCC2)C(=O)O. The maximum Gasteiger partial charge on any atom is 0.326 e. The van der Waals surface area contributed by atoms with Crippen LogP contribution < -0.4 is 10.9 Å². The number of carbonyl (C=O) groups is 2. The molecule has 2 N–H and O–H groups in total. The molecule has 31 heavy (non-hydrogen) atoms. The van der Waals surface area contributed by atoms with Crippen LogP contribution in [0.15, 0.2) is 41.2 Å². The highest BCUT2D eigenvalue weighted by Gasteiger charge is 2.28. The highest BCUT2D eigenvalue weighted by Crippen LogP contribution is 2.21. The molecule has 0 radical (unpaired) electrons. The lowest BCUT2D eigenvalue weighted by Gasteiger charge is -2.23. The van der Waals surface area contributed by atoms with Gasteiger partial charge in [0.05, 0.1) is 6.54 Å². The number of nitrogens with zero attached hydrogens (tertiary/aromatic N) is 1. The summed E-state index contributed by atoms with van der Waals surface area (Å²) in [6.07, 6.45) is 6.54. The smallest absolute Gasteiger partial charge is 0.326 e. The Bertz CT molecular complexity index is 981. The minimum atomic E-state index is -1.08. The van der Waals surface area contributed by atoms with Gasteiger partial charge in [0.15, 0.2) is 0 Å². The lowest BCUT2D eigenvalue weighted by molar-refractivity contribution is -0.140. The number of aromatic nitrogens is 1. The van der Waals surface area contributed by atoms with Gasteiger partial charge in [0.1, 0.15) is 11.6 Å². The molecule has 1 amide bonds. The number of rotatable bonds is 7. The van der Waals surface area contributed by atoms with Crippen LogP contribution in [0.4, 0.5) is 0 Å². The van der Waals surface area contributed by atoms with Crippen molar-refractivity contribution in [1.29, 1.82) is 0 Å². The van der Waals surface area contributed by atoms with Gasteiger partial charge in [-0.2, -0.15) is 0 Å². The van der Waals surface area contributed by atoms with Crippen LogP contribution in [0.25, 0.3) is 0 Å².